The van der Waals surface area contributed by atoms with Crippen molar-refractivity contribution in [2.24, 2.45) is 0 Å². The van der Waals surface area contributed by atoms with E-state index in [4.69, 9.17) is 9.26 Å². The summed E-state index contributed by atoms with van der Waals surface area (Å²) in [5.41, 5.74) is 0.609. The molecular formula is C16H24FO4P. The van der Waals surface area contributed by atoms with Crippen LogP contribution in [0.25, 0.3) is 0 Å². The highest BCUT2D eigenvalue weighted by Crippen LogP contribution is 2.40. The Bertz CT molecular complexity index is 572. The molecule has 0 aliphatic heterocycles. The maximum Gasteiger partial charge on any atom is 0.306 e. The van der Waals surface area contributed by atoms with Crippen molar-refractivity contribution >= 4 is 13.3 Å². The number of ether oxygens (including phenoxy) is 1. The van der Waals surface area contributed by atoms with Crippen molar-refractivity contribution in [2.45, 2.75) is 45.9 Å². The first-order valence-corrected chi connectivity index (χ1v) is 9.66. The van der Waals surface area contributed by atoms with Crippen LogP contribution in [-0.2, 0) is 27.2 Å². The van der Waals surface area contributed by atoms with Crippen molar-refractivity contribution in [1.29, 1.82) is 0 Å². The standard InChI is InChI=1S/C16H24FO4P/c1-16(2,3)20-15(18)9-7-13-10-12(11-17)6-8-14(13)21-22(4,5)19/h6,8,10H,7,9,11H2,1-5H3. The molecule has 0 bridgehead atoms. The summed E-state index contributed by atoms with van der Waals surface area (Å²) in [6, 6.07) is 4.82. The van der Waals surface area contributed by atoms with E-state index in [1.54, 1.807) is 39.0 Å². The predicted octanol–water partition coefficient (Wildman–Crippen LogP) is 4.35. The average molecular weight is 330 g/mol. The summed E-state index contributed by atoms with van der Waals surface area (Å²) >= 11 is 0. The van der Waals surface area contributed by atoms with E-state index in [9.17, 15) is 13.8 Å². The summed E-state index contributed by atoms with van der Waals surface area (Å²) in [5, 5.41) is 0. The monoisotopic (exact) mass is 330 g/mol. The van der Waals surface area contributed by atoms with Crippen LogP contribution in [0.3, 0.4) is 0 Å². The molecule has 0 aromatic heterocycles. The third-order valence-corrected chi connectivity index (χ3v) is 3.25. The molecule has 1 aromatic rings. The maximum atomic E-state index is 12.8. The van der Waals surface area contributed by atoms with Crippen LogP contribution in [0.1, 0.15) is 38.3 Å². The number of hydrogen-bond acceptors (Lipinski definition) is 4. The molecule has 6 heteroatoms. The highest BCUT2D eigenvalue weighted by Gasteiger charge is 2.18. The third kappa shape index (κ3) is 7.08. The normalized spacial score (nSPS) is 12.1. The van der Waals surface area contributed by atoms with Gasteiger partial charge in [-0.05, 0) is 50.5 Å². The summed E-state index contributed by atoms with van der Waals surface area (Å²) in [6.07, 6.45) is 0.499. The van der Waals surface area contributed by atoms with Crippen molar-refractivity contribution < 1.29 is 23.0 Å². The summed E-state index contributed by atoms with van der Waals surface area (Å²) < 4.78 is 35.3. The van der Waals surface area contributed by atoms with Crippen LogP contribution in [0.15, 0.2) is 18.2 Å². The van der Waals surface area contributed by atoms with E-state index in [1.807, 2.05) is 0 Å². The van der Waals surface area contributed by atoms with Crippen molar-refractivity contribution in [3.8, 4) is 5.75 Å². The molecule has 0 saturated heterocycles. The van der Waals surface area contributed by atoms with E-state index in [0.717, 1.165) is 0 Å². The minimum absolute atomic E-state index is 0.154. The van der Waals surface area contributed by atoms with Crippen LogP contribution in [0.2, 0.25) is 0 Å². The number of carbonyl (C=O) groups excluding carboxylic acids is 1. The van der Waals surface area contributed by atoms with Crippen molar-refractivity contribution in [1.82, 2.24) is 0 Å². The summed E-state index contributed by atoms with van der Waals surface area (Å²) in [7, 11) is -2.73. The highest BCUT2D eigenvalue weighted by molar-refractivity contribution is 7.57. The molecule has 4 nitrogen and oxygen atoms in total. The van der Waals surface area contributed by atoms with Crippen LogP contribution in [-0.4, -0.2) is 24.9 Å². The zero-order chi connectivity index (χ0) is 17.0. The maximum absolute atomic E-state index is 12.8. The fraction of sp³-hybridized carbons (Fsp3) is 0.562. The van der Waals surface area contributed by atoms with E-state index < -0.39 is 19.6 Å². The molecule has 0 aliphatic rings. The van der Waals surface area contributed by atoms with Crippen LogP contribution in [0, 0.1) is 0 Å². The zero-order valence-corrected chi connectivity index (χ0v) is 14.7. The molecule has 0 saturated carbocycles. The van der Waals surface area contributed by atoms with Crippen LogP contribution in [0.4, 0.5) is 4.39 Å². The first-order chi connectivity index (χ1) is 10.00. The van der Waals surface area contributed by atoms with Gasteiger partial charge in [-0.1, -0.05) is 6.07 Å². The molecule has 0 atom stereocenters. The van der Waals surface area contributed by atoms with E-state index in [1.165, 1.54) is 13.3 Å². The molecule has 0 spiro atoms. The van der Waals surface area contributed by atoms with E-state index >= 15 is 0 Å². The molecule has 22 heavy (non-hydrogen) atoms. The molecule has 1 rings (SSSR count). The first-order valence-electron chi connectivity index (χ1n) is 7.14. The Labute approximate surface area is 131 Å². The lowest BCUT2D eigenvalue weighted by Crippen LogP contribution is -2.24. The highest BCUT2D eigenvalue weighted by atomic mass is 31.2. The largest absolute Gasteiger partial charge is 0.460 e. The zero-order valence-electron chi connectivity index (χ0n) is 13.8. The van der Waals surface area contributed by atoms with Gasteiger partial charge in [0.15, 0.2) is 0 Å². The lowest BCUT2D eigenvalue weighted by molar-refractivity contribution is -0.154. The smallest absolute Gasteiger partial charge is 0.306 e. The molecular weight excluding hydrogens is 306 g/mol. The molecule has 0 radical (unpaired) electrons. The van der Waals surface area contributed by atoms with E-state index in [-0.39, 0.29) is 12.4 Å². The van der Waals surface area contributed by atoms with Gasteiger partial charge in [0, 0.05) is 19.8 Å². The Morgan fingerprint density at radius 2 is 1.91 bits per heavy atom. The molecule has 1 aromatic carbocycles. The Morgan fingerprint density at radius 1 is 1.27 bits per heavy atom. The lowest BCUT2D eigenvalue weighted by Gasteiger charge is -2.20. The second-order valence-corrected chi connectivity index (χ2v) is 9.19. The molecule has 0 N–H and O–H groups in total. The predicted molar refractivity (Wildman–Crippen MR) is 85.5 cm³/mol. The molecule has 0 aliphatic carbocycles. The average Bonchev–Trinajstić information content (AvgIpc) is 2.33. The van der Waals surface area contributed by atoms with Crippen molar-refractivity contribution in [3.63, 3.8) is 0 Å². The van der Waals surface area contributed by atoms with Gasteiger partial charge < -0.3 is 9.26 Å². The van der Waals surface area contributed by atoms with Gasteiger partial charge in [0.25, 0.3) is 0 Å². The van der Waals surface area contributed by atoms with Gasteiger partial charge in [-0.25, -0.2) is 4.39 Å². The first kappa shape index (κ1) is 18.7. The molecule has 0 amide bonds. The number of carbonyl (C=O) groups is 1. The number of halogens is 1. The minimum Gasteiger partial charge on any atom is -0.460 e. The quantitative estimate of drug-likeness (QED) is 0.575. The van der Waals surface area contributed by atoms with Gasteiger partial charge in [0.1, 0.15) is 18.0 Å². The molecule has 0 unspecified atom stereocenters. The fourth-order valence-corrected chi connectivity index (χ4v) is 2.52. The van der Waals surface area contributed by atoms with Crippen LogP contribution < -0.4 is 4.52 Å². The van der Waals surface area contributed by atoms with Crippen LogP contribution in [0.5, 0.6) is 5.75 Å². The third-order valence-electron chi connectivity index (χ3n) is 2.62. The van der Waals surface area contributed by atoms with Gasteiger partial charge >= 0.3 is 5.97 Å². The Kier molecular flexibility index (Phi) is 6.18. The van der Waals surface area contributed by atoms with Crippen molar-refractivity contribution in [3.05, 3.63) is 29.3 Å². The number of benzene rings is 1. The summed E-state index contributed by atoms with van der Waals surface area (Å²) in [4.78, 5) is 11.8. The Morgan fingerprint density at radius 3 is 2.41 bits per heavy atom. The lowest BCUT2D eigenvalue weighted by atomic mass is 10.1. The fourth-order valence-electron chi connectivity index (χ4n) is 1.87. The van der Waals surface area contributed by atoms with E-state index in [2.05, 4.69) is 0 Å². The SMILES string of the molecule is CC(C)(C)OC(=O)CCc1cc(CF)ccc1OP(C)(C)=O. The number of esters is 1. The second-order valence-electron chi connectivity index (χ2n) is 6.51. The van der Waals surface area contributed by atoms with Gasteiger partial charge in [0.05, 0.1) is 0 Å². The Hall–Kier alpha value is -1.35. The Balaban J connectivity index is 2.86. The summed E-state index contributed by atoms with van der Waals surface area (Å²) in [6.45, 7) is 7.81. The molecule has 124 valence electrons. The molecule has 0 fully saturated rings. The number of rotatable bonds is 6. The van der Waals surface area contributed by atoms with Gasteiger partial charge in [-0.15, -0.1) is 0 Å². The number of aryl methyl sites for hydroxylation is 1. The van der Waals surface area contributed by atoms with Gasteiger partial charge in [0.2, 0.25) is 7.37 Å². The van der Waals surface area contributed by atoms with Crippen LogP contribution >= 0.6 is 7.37 Å². The van der Waals surface area contributed by atoms with Gasteiger partial charge in [-0.3, -0.25) is 9.36 Å². The minimum atomic E-state index is -2.73. The van der Waals surface area contributed by atoms with E-state index in [0.29, 0.717) is 23.3 Å². The summed E-state index contributed by atoms with van der Waals surface area (Å²) in [5.74, 6) is 0.0920. The number of hydrogen-bond donors (Lipinski definition) is 0. The topological polar surface area (TPSA) is 52.6 Å². The van der Waals surface area contributed by atoms with Gasteiger partial charge in [-0.2, -0.15) is 0 Å². The molecule has 0 heterocycles. The number of alkyl halides is 1. The second kappa shape index (κ2) is 7.28. The van der Waals surface area contributed by atoms with Crippen molar-refractivity contribution in [2.75, 3.05) is 13.3 Å².